The number of nitrogens with one attached hydrogen (secondary N) is 1. The van der Waals surface area contributed by atoms with Gasteiger partial charge >= 0.3 is 0 Å². The Morgan fingerprint density at radius 3 is 2.75 bits per heavy atom. The van der Waals surface area contributed by atoms with Crippen molar-refractivity contribution in [1.82, 2.24) is 25.3 Å². The van der Waals surface area contributed by atoms with Crippen LogP contribution in [0.2, 0.25) is 0 Å². The first-order valence-corrected chi connectivity index (χ1v) is 9.28. The number of hydrogen-bond acceptors (Lipinski definition) is 6. The lowest BCUT2D eigenvalue weighted by Gasteiger charge is -2.29. The van der Waals surface area contributed by atoms with E-state index in [2.05, 4.69) is 25.5 Å². The molecule has 0 aliphatic carbocycles. The molecule has 1 saturated heterocycles. The predicted molar refractivity (Wildman–Crippen MR) is 104 cm³/mol. The second-order valence-electron chi connectivity index (χ2n) is 6.56. The average molecular weight is 378 g/mol. The van der Waals surface area contributed by atoms with Crippen LogP contribution < -0.4 is 10.2 Å². The highest BCUT2D eigenvalue weighted by atomic mass is 16.5. The molecule has 0 bridgehead atoms. The van der Waals surface area contributed by atoms with Crippen LogP contribution in [0, 0.1) is 0 Å². The van der Waals surface area contributed by atoms with Crippen molar-refractivity contribution in [3.05, 3.63) is 71.7 Å². The second kappa shape index (κ2) is 8.62. The first-order valence-electron chi connectivity index (χ1n) is 9.28. The molecular weight excluding hydrogens is 356 g/mol. The maximum atomic E-state index is 12.5. The van der Waals surface area contributed by atoms with E-state index in [4.69, 9.17) is 4.74 Å². The molecule has 4 rings (SSSR count). The molecule has 2 aromatic heterocycles. The number of hydrogen-bond donors (Lipinski definition) is 1. The third kappa shape index (κ3) is 4.34. The number of aromatic nitrogens is 4. The van der Waals surface area contributed by atoms with Gasteiger partial charge in [-0.15, -0.1) is 5.10 Å². The molecule has 0 spiro atoms. The van der Waals surface area contributed by atoms with Crippen LogP contribution in [0.15, 0.2) is 54.9 Å². The number of morpholine rings is 1. The molecule has 8 heteroatoms. The topological polar surface area (TPSA) is 85.2 Å². The van der Waals surface area contributed by atoms with E-state index in [1.807, 2.05) is 42.5 Å². The number of ether oxygens (including phenoxy) is 1. The van der Waals surface area contributed by atoms with Gasteiger partial charge in [0.25, 0.3) is 5.91 Å². The minimum atomic E-state index is -0.254. The summed E-state index contributed by atoms with van der Waals surface area (Å²) in [4.78, 5) is 19.2. The van der Waals surface area contributed by atoms with E-state index < -0.39 is 0 Å². The number of rotatable bonds is 6. The molecule has 144 valence electrons. The van der Waals surface area contributed by atoms with E-state index in [0.717, 1.165) is 30.0 Å². The normalized spacial score (nSPS) is 14.1. The van der Waals surface area contributed by atoms with Gasteiger partial charge in [0.1, 0.15) is 5.82 Å². The van der Waals surface area contributed by atoms with Crippen LogP contribution in [0.4, 0.5) is 5.82 Å². The molecular formula is C20H22N6O2. The van der Waals surface area contributed by atoms with Crippen LogP contribution in [0.3, 0.4) is 0 Å². The Bertz CT molecular complexity index is 921. The molecule has 1 fully saturated rings. The van der Waals surface area contributed by atoms with Gasteiger partial charge in [0.05, 0.1) is 26.0 Å². The van der Waals surface area contributed by atoms with Crippen LogP contribution >= 0.6 is 0 Å². The van der Waals surface area contributed by atoms with E-state index in [1.54, 1.807) is 17.1 Å². The molecule has 8 nitrogen and oxygen atoms in total. The lowest BCUT2D eigenvalue weighted by atomic mass is 10.2. The summed E-state index contributed by atoms with van der Waals surface area (Å²) in [6.45, 7) is 3.92. The van der Waals surface area contributed by atoms with Gasteiger partial charge in [-0.3, -0.25) is 4.79 Å². The Morgan fingerprint density at radius 1 is 1.11 bits per heavy atom. The Balaban J connectivity index is 1.39. The first kappa shape index (κ1) is 18.1. The molecule has 1 amide bonds. The van der Waals surface area contributed by atoms with Crippen LogP contribution in [-0.2, 0) is 17.8 Å². The fraction of sp³-hybridized carbons (Fsp3) is 0.300. The van der Waals surface area contributed by atoms with E-state index >= 15 is 0 Å². The van der Waals surface area contributed by atoms with Gasteiger partial charge in [-0.1, -0.05) is 41.6 Å². The molecule has 0 radical (unpaired) electrons. The highest BCUT2D eigenvalue weighted by molar-refractivity contribution is 5.91. The zero-order valence-corrected chi connectivity index (χ0v) is 15.5. The molecule has 1 aliphatic heterocycles. The maximum absolute atomic E-state index is 12.5. The third-order valence-electron chi connectivity index (χ3n) is 4.58. The minimum Gasteiger partial charge on any atom is -0.378 e. The van der Waals surface area contributed by atoms with Gasteiger partial charge in [-0.2, -0.15) is 0 Å². The summed E-state index contributed by atoms with van der Waals surface area (Å²) >= 11 is 0. The van der Waals surface area contributed by atoms with Crippen molar-refractivity contribution in [2.75, 3.05) is 31.2 Å². The highest BCUT2D eigenvalue weighted by Crippen LogP contribution is 2.18. The van der Waals surface area contributed by atoms with Crippen molar-refractivity contribution in [3.63, 3.8) is 0 Å². The number of carbonyl (C=O) groups excluding carboxylic acids is 1. The molecule has 3 aromatic rings. The SMILES string of the molecule is O=C(NCc1cccnc1N1CCOCC1)c1cn(Cc2ccccc2)nn1. The summed E-state index contributed by atoms with van der Waals surface area (Å²) < 4.78 is 7.07. The van der Waals surface area contributed by atoms with Crippen LogP contribution in [-0.4, -0.2) is 52.2 Å². The molecule has 3 heterocycles. The lowest BCUT2D eigenvalue weighted by Crippen LogP contribution is -2.37. The minimum absolute atomic E-state index is 0.254. The van der Waals surface area contributed by atoms with Crippen LogP contribution in [0.25, 0.3) is 0 Å². The van der Waals surface area contributed by atoms with Crippen LogP contribution in [0.1, 0.15) is 21.6 Å². The van der Waals surface area contributed by atoms with Gasteiger partial charge in [-0.05, 0) is 11.6 Å². The number of pyridine rings is 1. The van der Waals surface area contributed by atoms with Gasteiger partial charge in [0.15, 0.2) is 5.69 Å². The fourth-order valence-electron chi connectivity index (χ4n) is 3.14. The highest BCUT2D eigenvalue weighted by Gasteiger charge is 2.17. The third-order valence-corrected chi connectivity index (χ3v) is 4.58. The summed E-state index contributed by atoms with van der Waals surface area (Å²) in [5.74, 6) is 0.634. The number of anilines is 1. The number of benzene rings is 1. The predicted octanol–water partition coefficient (Wildman–Crippen LogP) is 1.49. The Labute approximate surface area is 163 Å². The van der Waals surface area contributed by atoms with Gasteiger partial charge in [0.2, 0.25) is 0 Å². The molecule has 28 heavy (non-hydrogen) atoms. The smallest absolute Gasteiger partial charge is 0.273 e. The van der Waals surface area contributed by atoms with Gasteiger partial charge in [0, 0.05) is 31.4 Å². The first-order chi connectivity index (χ1) is 13.8. The Morgan fingerprint density at radius 2 is 1.93 bits per heavy atom. The zero-order chi connectivity index (χ0) is 19.2. The van der Waals surface area contributed by atoms with Gasteiger partial charge in [-0.25, -0.2) is 9.67 Å². The molecule has 1 aliphatic rings. The van der Waals surface area contributed by atoms with Crippen molar-refractivity contribution in [3.8, 4) is 0 Å². The summed E-state index contributed by atoms with van der Waals surface area (Å²) in [6.07, 6.45) is 3.43. The fourth-order valence-corrected chi connectivity index (χ4v) is 3.14. The summed E-state index contributed by atoms with van der Waals surface area (Å²) in [6, 6.07) is 13.8. The van der Waals surface area contributed by atoms with Crippen molar-refractivity contribution in [2.24, 2.45) is 0 Å². The quantitative estimate of drug-likeness (QED) is 0.700. The Hall–Kier alpha value is -3.26. The van der Waals surface area contributed by atoms with Gasteiger partial charge < -0.3 is 15.0 Å². The molecule has 0 unspecified atom stereocenters. The van der Waals surface area contributed by atoms with E-state index in [1.165, 1.54) is 0 Å². The average Bonchev–Trinajstić information content (AvgIpc) is 3.22. The Kier molecular flexibility index (Phi) is 5.58. The van der Waals surface area contributed by atoms with Crippen molar-refractivity contribution < 1.29 is 9.53 Å². The van der Waals surface area contributed by atoms with E-state index in [9.17, 15) is 4.79 Å². The van der Waals surface area contributed by atoms with Crippen molar-refractivity contribution in [2.45, 2.75) is 13.1 Å². The largest absolute Gasteiger partial charge is 0.378 e. The monoisotopic (exact) mass is 378 g/mol. The standard InChI is InChI=1S/C20H22N6O2/c27-20(18-15-26(24-23-18)14-16-5-2-1-3-6-16)22-13-17-7-4-8-21-19(17)25-9-11-28-12-10-25/h1-8,15H,9-14H2,(H,22,27). The molecule has 0 atom stereocenters. The number of amides is 1. The zero-order valence-electron chi connectivity index (χ0n) is 15.5. The van der Waals surface area contributed by atoms with Crippen LogP contribution in [0.5, 0.6) is 0 Å². The van der Waals surface area contributed by atoms with Crippen molar-refractivity contribution in [1.29, 1.82) is 0 Å². The second-order valence-corrected chi connectivity index (χ2v) is 6.56. The molecule has 1 N–H and O–H groups in total. The number of carbonyl (C=O) groups is 1. The van der Waals surface area contributed by atoms with Crippen molar-refractivity contribution >= 4 is 11.7 Å². The summed E-state index contributed by atoms with van der Waals surface area (Å²) in [5.41, 5.74) is 2.37. The number of nitrogens with zero attached hydrogens (tertiary/aromatic N) is 5. The maximum Gasteiger partial charge on any atom is 0.273 e. The van der Waals surface area contributed by atoms with E-state index in [-0.39, 0.29) is 5.91 Å². The molecule has 1 aromatic carbocycles. The van der Waals surface area contributed by atoms with E-state index in [0.29, 0.717) is 32.0 Å². The summed E-state index contributed by atoms with van der Waals surface area (Å²) in [7, 11) is 0. The lowest BCUT2D eigenvalue weighted by molar-refractivity contribution is 0.0945. The summed E-state index contributed by atoms with van der Waals surface area (Å²) in [5, 5.41) is 11.0. The molecule has 0 saturated carbocycles.